The van der Waals surface area contributed by atoms with E-state index in [0.29, 0.717) is 24.7 Å². The molecule has 3 rings (SSSR count). The van der Waals surface area contributed by atoms with E-state index in [1.54, 1.807) is 12.1 Å². The highest BCUT2D eigenvalue weighted by Crippen LogP contribution is 2.17. The summed E-state index contributed by atoms with van der Waals surface area (Å²) < 4.78 is 5.32. The number of hydrogen-bond acceptors (Lipinski definition) is 4. The summed E-state index contributed by atoms with van der Waals surface area (Å²) in [5, 5.41) is 10.2. The van der Waals surface area contributed by atoms with Gasteiger partial charge < -0.3 is 14.7 Å². The van der Waals surface area contributed by atoms with Crippen molar-refractivity contribution >= 4 is 23.7 Å². The Morgan fingerprint density at radius 3 is 2.41 bits per heavy atom. The van der Waals surface area contributed by atoms with Gasteiger partial charge in [0.1, 0.15) is 12.6 Å². The van der Waals surface area contributed by atoms with Crippen LogP contribution in [0.1, 0.15) is 11.1 Å². The summed E-state index contributed by atoms with van der Waals surface area (Å²) in [6, 6.07) is 15.9. The van der Waals surface area contributed by atoms with Gasteiger partial charge in [0.2, 0.25) is 0 Å². The zero-order valence-corrected chi connectivity index (χ0v) is 15.5. The Labute approximate surface area is 162 Å². The molecule has 1 saturated heterocycles. The molecule has 1 N–H and O–H groups in total. The van der Waals surface area contributed by atoms with E-state index >= 15 is 0 Å². The van der Waals surface area contributed by atoms with Gasteiger partial charge >= 0.3 is 12.1 Å². The topological polar surface area (TPSA) is 70.1 Å². The quantitative estimate of drug-likeness (QED) is 0.851. The van der Waals surface area contributed by atoms with Crippen molar-refractivity contribution in [2.75, 3.05) is 19.6 Å². The molecule has 0 radical (unpaired) electrons. The summed E-state index contributed by atoms with van der Waals surface area (Å²) in [5.74, 6) is -0.954. The molecule has 6 nitrogen and oxygen atoms in total. The second-order valence-corrected chi connectivity index (χ2v) is 6.87. The molecule has 0 saturated carbocycles. The van der Waals surface area contributed by atoms with Crippen LogP contribution in [0, 0.1) is 0 Å². The summed E-state index contributed by atoms with van der Waals surface area (Å²) in [7, 11) is 0. The maximum Gasteiger partial charge on any atom is 0.410 e. The molecule has 0 aromatic heterocycles. The second kappa shape index (κ2) is 8.88. The van der Waals surface area contributed by atoms with Crippen LogP contribution in [0.2, 0.25) is 5.02 Å². The van der Waals surface area contributed by atoms with Gasteiger partial charge in [0.05, 0.1) is 6.54 Å². The van der Waals surface area contributed by atoms with Crippen molar-refractivity contribution in [3.8, 4) is 0 Å². The average molecular weight is 389 g/mol. The minimum absolute atomic E-state index is 0.0938. The Balaban J connectivity index is 1.58. The van der Waals surface area contributed by atoms with Gasteiger partial charge in [0.15, 0.2) is 0 Å². The number of amides is 1. The van der Waals surface area contributed by atoms with Gasteiger partial charge in [0, 0.05) is 24.7 Å². The fourth-order valence-electron chi connectivity index (χ4n) is 3.04. The highest BCUT2D eigenvalue weighted by molar-refractivity contribution is 6.30. The number of piperazine rings is 1. The second-order valence-electron chi connectivity index (χ2n) is 6.44. The first-order valence-electron chi connectivity index (χ1n) is 8.70. The van der Waals surface area contributed by atoms with E-state index in [9.17, 15) is 14.7 Å². The van der Waals surface area contributed by atoms with Crippen LogP contribution in [0.3, 0.4) is 0 Å². The van der Waals surface area contributed by atoms with Crippen LogP contribution >= 0.6 is 11.6 Å². The van der Waals surface area contributed by atoms with Crippen molar-refractivity contribution in [2.24, 2.45) is 0 Å². The van der Waals surface area contributed by atoms with Crippen LogP contribution < -0.4 is 0 Å². The highest BCUT2D eigenvalue weighted by Gasteiger charge is 2.34. The molecule has 0 unspecified atom stereocenters. The number of hydrogen-bond donors (Lipinski definition) is 1. The molecule has 0 spiro atoms. The van der Waals surface area contributed by atoms with Crippen LogP contribution in [0.5, 0.6) is 0 Å². The number of carboxylic acids is 1. The van der Waals surface area contributed by atoms with Gasteiger partial charge in [-0.2, -0.15) is 0 Å². The van der Waals surface area contributed by atoms with Crippen LogP contribution in [0.25, 0.3) is 0 Å². The zero-order valence-electron chi connectivity index (χ0n) is 14.8. The van der Waals surface area contributed by atoms with E-state index in [2.05, 4.69) is 0 Å². The monoisotopic (exact) mass is 388 g/mol. The van der Waals surface area contributed by atoms with Crippen molar-refractivity contribution in [1.29, 1.82) is 0 Å². The molecule has 1 atom stereocenters. The Kier molecular flexibility index (Phi) is 6.32. The standard InChI is InChI=1S/C20H21ClN2O4/c21-17-8-6-15(7-9-17)12-22-10-11-23(13-18(22)19(24)25)20(26)27-14-16-4-2-1-3-5-16/h1-9,18H,10-14H2,(H,24,25)/t18-/m1/s1. The third-order valence-corrected chi connectivity index (χ3v) is 4.79. The number of rotatable bonds is 5. The van der Waals surface area contributed by atoms with Crippen LogP contribution in [-0.4, -0.2) is 52.6 Å². The van der Waals surface area contributed by atoms with Crippen molar-refractivity contribution < 1.29 is 19.4 Å². The van der Waals surface area contributed by atoms with Crippen molar-refractivity contribution in [2.45, 2.75) is 19.2 Å². The molecule has 1 amide bonds. The minimum atomic E-state index is -0.954. The maximum atomic E-state index is 12.3. The van der Waals surface area contributed by atoms with Gasteiger partial charge in [-0.25, -0.2) is 4.79 Å². The number of aliphatic carboxylic acids is 1. The van der Waals surface area contributed by atoms with E-state index in [1.807, 2.05) is 47.4 Å². The first kappa shape index (κ1) is 19.2. The molecular formula is C20H21ClN2O4. The Morgan fingerprint density at radius 1 is 1.04 bits per heavy atom. The third-order valence-electron chi connectivity index (χ3n) is 4.54. The van der Waals surface area contributed by atoms with Crippen LogP contribution in [-0.2, 0) is 22.7 Å². The Morgan fingerprint density at radius 2 is 1.74 bits per heavy atom. The summed E-state index contributed by atoms with van der Waals surface area (Å²) in [5.41, 5.74) is 1.87. The molecular weight excluding hydrogens is 368 g/mol. The third kappa shape index (κ3) is 5.21. The van der Waals surface area contributed by atoms with Gasteiger partial charge in [-0.3, -0.25) is 9.69 Å². The summed E-state index contributed by atoms with van der Waals surface area (Å²) in [4.78, 5) is 27.3. The SMILES string of the molecule is O=C(O)[C@H]1CN(C(=O)OCc2ccccc2)CCN1Cc1ccc(Cl)cc1. The number of carbonyl (C=O) groups is 2. The number of carboxylic acid groups (broad SMARTS) is 1. The van der Waals surface area contributed by atoms with E-state index in [4.69, 9.17) is 16.3 Å². The lowest BCUT2D eigenvalue weighted by atomic mass is 10.1. The normalized spacial score (nSPS) is 17.5. The van der Waals surface area contributed by atoms with Crippen molar-refractivity contribution in [1.82, 2.24) is 9.80 Å². The lowest BCUT2D eigenvalue weighted by molar-refractivity contribution is -0.145. The minimum Gasteiger partial charge on any atom is -0.480 e. The Hall–Kier alpha value is -2.57. The molecule has 142 valence electrons. The van der Waals surface area contributed by atoms with E-state index in [1.165, 1.54) is 4.90 Å². The molecule has 7 heteroatoms. The van der Waals surface area contributed by atoms with E-state index < -0.39 is 18.1 Å². The summed E-state index contributed by atoms with van der Waals surface area (Å²) in [6.07, 6.45) is -0.490. The number of benzene rings is 2. The molecule has 1 aliphatic heterocycles. The lowest BCUT2D eigenvalue weighted by Crippen LogP contribution is -2.57. The van der Waals surface area contributed by atoms with Gasteiger partial charge in [0.25, 0.3) is 0 Å². The summed E-state index contributed by atoms with van der Waals surface area (Å²) in [6.45, 7) is 1.63. The summed E-state index contributed by atoms with van der Waals surface area (Å²) >= 11 is 5.90. The molecule has 0 bridgehead atoms. The van der Waals surface area contributed by atoms with Crippen molar-refractivity contribution in [3.63, 3.8) is 0 Å². The highest BCUT2D eigenvalue weighted by atomic mass is 35.5. The van der Waals surface area contributed by atoms with E-state index in [0.717, 1.165) is 11.1 Å². The number of halogens is 1. The Bertz CT molecular complexity index is 782. The fourth-order valence-corrected chi connectivity index (χ4v) is 3.17. The molecule has 27 heavy (non-hydrogen) atoms. The van der Waals surface area contributed by atoms with Gasteiger partial charge in [-0.05, 0) is 23.3 Å². The number of carbonyl (C=O) groups excluding carboxylic acids is 1. The first-order valence-corrected chi connectivity index (χ1v) is 9.07. The maximum absolute atomic E-state index is 12.3. The van der Waals surface area contributed by atoms with Crippen molar-refractivity contribution in [3.05, 3.63) is 70.7 Å². The molecule has 1 aliphatic rings. The molecule has 2 aromatic rings. The van der Waals surface area contributed by atoms with Gasteiger partial charge in [-0.15, -0.1) is 0 Å². The smallest absolute Gasteiger partial charge is 0.410 e. The average Bonchev–Trinajstić information content (AvgIpc) is 2.69. The van der Waals surface area contributed by atoms with Gasteiger partial charge in [-0.1, -0.05) is 54.1 Å². The first-order chi connectivity index (χ1) is 13.0. The number of nitrogens with zero attached hydrogens (tertiary/aromatic N) is 2. The fraction of sp³-hybridized carbons (Fsp3) is 0.300. The molecule has 2 aromatic carbocycles. The predicted molar refractivity (Wildman–Crippen MR) is 101 cm³/mol. The largest absolute Gasteiger partial charge is 0.480 e. The zero-order chi connectivity index (χ0) is 19.2. The number of ether oxygens (including phenoxy) is 1. The molecule has 1 fully saturated rings. The molecule has 0 aliphatic carbocycles. The van der Waals surface area contributed by atoms with Crippen LogP contribution in [0.4, 0.5) is 4.79 Å². The predicted octanol–water partition coefficient (Wildman–Crippen LogP) is 3.25. The molecule has 1 heterocycles. The van der Waals surface area contributed by atoms with E-state index in [-0.39, 0.29) is 13.2 Å². The van der Waals surface area contributed by atoms with Crippen LogP contribution in [0.15, 0.2) is 54.6 Å². The lowest BCUT2D eigenvalue weighted by Gasteiger charge is -2.38.